The molecule has 0 unspecified atom stereocenters. The van der Waals surface area contributed by atoms with Gasteiger partial charge in [-0.25, -0.2) is 0 Å². The predicted octanol–water partition coefficient (Wildman–Crippen LogP) is 4.10. The first kappa shape index (κ1) is 17.5. The standard InChI is InChI=1S/C16H13F3N2O3/c1-10-2-7-13(9-14(10)21(23)24)20-15(22)8-11-3-5-12(6-4-11)16(17,18)19/h2-7,9H,8H2,1H3,(H,20,22). The van der Waals surface area contributed by atoms with Gasteiger partial charge in [0.2, 0.25) is 5.91 Å². The van der Waals surface area contributed by atoms with Crippen LogP contribution in [0.1, 0.15) is 16.7 Å². The lowest BCUT2D eigenvalue weighted by molar-refractivity contribution is -0.385. The van der Waals surface area contributed by atoms with E-state index >= 15 is 0 Å². The number of carbonyl (C=O) groups excluding carboxylic acids is 1. The number of hydrogen-bond donors (Lipinski definition) is 1. The predicted molar refractivity (Wildman–Crippen MR) is 81.6 cm³/mol. The van der Waals surface area contributed by atoms with Crippen LogP contribution in [0.25, 0.3) is 0 Å². The third kappa shape index (κ3) is 4.31. The quantitative estimate of drug-likeness (QED) is 0.674. The van der Waals surface area contributed by atoms with Gasteiger partial charge < -0.3 is 5.32 Å². The van der Waals surface area contributed by atoms with Gasteiger partial charge in [0.1, 0.15) is 0 Å². The number of anilines is 1. The van der Waals surface area contributed by atoms with E-state index in [-0.39, 0.29) is 17.8 Å². The zero-order valence-corrected chi connectivity index (χ0v) is 12.6. The molecule has 2 aromatic carbocycles. The maximum absolute atomic E-state index is 12.5. The second-order valence-electron chi connectivity index (χ2n) is 5.18. The number of nitro groups is 1. The zero-order chi connectivity index (χ0) is 17.9. The van der Waals surface area contributed by atoms with E-state index in [0.29, 0.717) is 11.1 Å². The Labute approximate surface area is 135 Å². The molecule has 0 aliphatic rings. The first-order chi connectivity index (χ1) is 11.2. The minimum atomic E-state index is -4.43. The summed E-state index contributed by atoms with van der Waals surface area (Å²) in [6, 6.07) is 8.51. The van der Waals surface area contributed by atoms with Gasteiger partial charge in [-0.3, -0.25) is 14.9 Å². The minimum Gasteiger partial charge on any atom is -0.326 e. The molecule has 0 radical (unpaired) electrons. The number of hydrogen-bond acceptors (Lipinski definition) is 3. The van der Waals surface area contributed by atoms with Crippen molar-refractivity contribution in [1.82, 2.24) is 0 Å². The topological polar surface area (TPSA) is 72.2 Å². The highest BCUT2D eigenvalue weighted by Crippen LogP contribution is 2.29. The van der Waals surface area contributed by atoms with Crippen LogP contribution in [0.15, 0.2) is 42.5 Å². The van der Waals surface area contributed by atoms with E-state index in [1.165, 1.54) is 30.3 Å². The van der Waals surface area contributed by atoms with Crippen LogP contribution in [0.3, 0.4) is 0 Å². The molecule has 0 heterocycles. The van der Waals surface area contributed by atoms with Gasteiger partial charge in [0.15, 0.2) is 0 Å². The Morgan fingerprint density at radius 3 is 2.33 bits per heavy atom. The Kier molecular flexibility index (Phi) is 4.87. The van der Waals surface area contributed by atoms with Gasteiger partial charge in [-0.1, -0.05) is 18.2 Å². The van der Waals surface area contributed by atoms with Gasteiger partial charge in [-0.2, -0.15) is 13.2 Å². The van der Waals surface area contributed by atoms with E-state index in [1.807, 2.05) is 0 Å². The average molecular weight is 338 g/mol. The van der Waals surface area contributed by atoms with E-state index < -0.39 is 22.6 Å². The molecular formula is C16H13F3N2O3. The molecule has 0 aliphatic carbocycles. The molecule has 8 heteroatoms. The van der Waals surface area contributed by atoms with Crippen molar-refractivity contribution in [2.45, 2.75) is 19.5 Å². The summed E-state index contributed by atoms with van der Waals surface area (Å²) >= 11 is 0. The Morgan fingerprint density at radius 1 is 1.17 bits per heavy atom. The molecule has 2 rings (SSSR count). The molecule has 24 heavy (non-hydrogen) atoms. The van der Waals surface area contributed by atoms with Crippen LogP contribution in [0, 0.1) is 17.0 Å². The molecular weight excluding hydrogens is 325 g/mol. The maximum atomic E-state index is 12.5. The highest BCUT2D eigenvalue weighted by atomic mass is 19.4. The number of carbonyl (C=O) groups is 1. The van der Waals surface area contributed by atoms with E-state index in [9.17, 15) is 28.1 Å². The first-order valence-corrected chi connectivity index (χ1v) is 6.88. The average Bonchev–Trinajstić information content (AvgIpc) is 2.48. The lowest BCUT2D eigenvalue weighted by Gasteiger charge is -2.08. The molecule has 126 valence electrons. The summed E-state index contributed by atoms with van der Waals surface area (Å²) in [4.78, 5) is 22.2. The van der Waals surface area contributed by atoms with E-state index in [2.05, 4.69) is 5.32 Å². The number of alkyl halides is 3. The van der Waals surface area contributed by atoms with Crippen LogP contribution in [0.2, 0.25) is 0 Å². The third-order valence-corrected chi connectivity index (χ3v) is 3.34. The summed E-state index contributed by atoms with van der Waals surface area (Å²) in [5.41, 5.74) is 0.204. The summed E-state index contributed by atoms with van der Waals surface area (Å²) in [6.45, 7) is 1.58. The lowest BCUT2D eigenvalue weighted by Crippen LogP contribution is -2.15. The summed E-state index contributed by atoms with van der Waals surface area (Å²) in [5.74, 6) is -0.479. The number of nitrogens with one attached hydrogen (secondary N) is 1. The van der Waals surface area contributed by atoms with Gasteiger partial charge in [-0.05, 0) is 30.7 Å². The summed E-state index contributed by atoms with van der Waals surface area (Å²) in [5, 5.41) is 13.4. The third-order valence-electron chi connectivity index (χ3n) is 3.34. The highest BCUT2D eigenvalue weighted by Gasteiger charge is 2.29. The fraction of sp³-hybridized carbons (Fsp3) is 0.188. The molecule has 0 aliphatic heterocycles. The first-order valence-electron chi connectivity index (χ1n) is 6.88. The van der Waals surface area contributed by atoms with E-state index in [4.69, 9.17) is 0 Å². The van der Waals surface area contributed by atoms with E-state index in [0.717, 1.165) is 12.1 Å². The maximum Gasteiger partial charge on any atom is 0.416 e. The molecule has 0 bridgehead atoms. The molecule has 5 nitrogen and oxygen atoms in total. The largest absolute Gasteiger partial charge is 0.416 e. The fourth-order valence-corrected chi connectivity index (χ4v) is 2.09. The van der Waals surface area contributed by atoms with Gasteiger partial charge >= 0.3 is 6.18 Å². The van der Waals surface area contributed by atoms with Crippen molar-refractivity contribution in [3.8, 4) is 0 Å². The van der Waals surface area contributed by atoms with Crippen LogP contribution in [-0.2, 0) is 17.4 Å². The number of rotatable bonds is 4. The fourth-order valence-electron chi connectivity index (χ4n) is 2.09. The second kappa shape index (κ2) is 6.69. The van der Waals surface area contributed by atoms with Crippen LogP contribution < -0.4 is 5.32 Å². The SMILES string of the molecule is Cc1ccc(NC(=O)Cc2ccc(C(F)(F)F)cc2)cc1[N+](=O)[O-]. The van der Waals surface area contributed by atoms with Crippen molar-refractivity contribution in [1.29, 1.82) is 0 Å². The number of benzene rings is 2. The second-order valence-corrected chi connectivity index (χ2v) is 5.18. The summed E-state index contributed by atoms with van der Waals surface area (Å²) in [7, 11) is 0. The smallest absolute Gasteiger partial charge is 0.326 e. The van der Waals surface area contributed by atoms with Crippen LogP contribution in [0.4, 0.5) is 24.5 Å². The summed E-state index contributed by atoms with van der Waals surface area (Å²) < 4.78 is 37.4. The number of amides is 1. The van der Waals surface area contributed by atoms with Crippen molar-refractivity contribution >= 4 is 17.3 Å². The van der Waals surface area contributed by atoms with Crippen molar-refractivity contribution in [3.05, 3.63) is 69.3 Å². The number of nitrogens with zero attached hydrogens (tertiary/aromatic N) is 1. The molecule has 0 atom stereocenters. The number of halogens is 3. The van der Waals surface area contributed by atoms with Crippen molar-refractivity contribution in [2.75, 3.05) is 5.32 Å². The van der Waals surface area contributed by atoms with Gasteiger partial charge in [0.25, 0.3) is 5.69 Å². The molecule has 2 aromatic rings. The monoisotopic (exact) mass is 338 g/mol. The number of nitro benzene ring substituents is 1. The Morgan fingerprint density at radius 2 is 1.79 bits per heavy atom. The number of aryl methyl sites for hydroxylation is 1. The summed E-state index contributed by atoms with van der Waals surface area (Å²) in [6.07, 6.45) is -4.57. The Bertz CT molecular complexity index is 771. The van der Waals surface area contributed by atoms with Crippen molar-refractivity contribution < 1.29 is 22.9 Å². The van der Waals surface area contributed by atoms with E-state index in [1.54, 1.807) is 6.92 Å². The highest BCUT2D eigenvalue weighted by molar-refractivity contribution is 5.92. The Balaban J connectivity index is 2.06. The van der Waals surface area contributed by atoms with Crippen LogP contribution >= 0.6 is 0 Å². The molecule has 1 amide bonds. The van der Waals surface area contributed by atoms with Crippen LogP contribution in [0.5, 0.6) is 0 Å². The van der Waals surface area contributed by atoms with Gasteiger partial charge in [0.05, 0.1) is 16.9 Å². The van der Waals surface area contributed by atoms with Gasteiger partial charge in [0, 0.05) is 17.3 Å². The van der Waals surface area contributed by atoms with Crippen molar-refractivity contribution in [3.63, 3.8) is 0 Å². The molecule has 0 saturated carbocycles. The minimum absolute atomic E-state index is 0.123. The lowest BCUT2D eigenvalue weighted by atomic mass is 10.1. The molecule has 0 fully saturated rings. The normalized spacial score (nSPS) is 11.2. The van der Waals surface area contributed by atoms with Gasteiger partial charge in [-0.15, -0.1) is 0 Å². The molecule has 0 aromatic heterocycles. The van der Waals surface area contributed by atoms with Crippen molar-refractivity contribution in [2.24, 2.45) is 0 Å². The van der Waals surface area contributed by atoms with Crippen LogP contribution in [-0.4, -0.2) is 10.8 Å². The molecule has 1 N–H and O–H groups in total. The molecule has 0 saturated heterocycles. The molecule has 0 spiro atoms. The Hall–Kier alpha value is -2.90. The zero-order valence-electron chi connectivity index (χ0n) is 12.6.